The molecule has 0 bridgehead atoms. The van der Waals surface area contributed by atoms with Crippen molar-refractivity contribution < 1.29 is 9.13 Å². The lowest BCUT2D eigenvalue weighted by molar-refractivity contribution is 0.418. The van der Waals surface area contributed by atoms with Crippen molar-refractivity contribution in [1.82, 2.24) is 19.4 Å². The largest absolute Gasteiger partial charge is 0.493 e. The Balaban J connectivity index is 1.83. The van der Waals surface area contributed by atoms with Gasteiger partial charge in [-0.05, 0) is 24.3 Å². The van der Waals surface area contributed by atoms with Crippen LogP contribution in [0.5, 0.6) is 5.75 Å². The van der Waals surface area contributed by atoms with Crippen LogP contribution in [0.15, 0.2) is 42.9 Å². The molecule has 0 atom stereocenters. The van der Waals surface area contributed by atoms with E-state index in [4.69, 9.17) is 16.3 Å². The summed E-state index contributed by atoms with van der Waals surface area (Å²) in [4.78, 5) is 11.4. The average Bonchev–Trinajstić information content (AvgIpc) is 3.07. The van der Waals surface area contributed by atoms with Gasteiger partial charge in [-0.15, -0.1) is 0 Å². The number of hydrogen-bond donors (Lipinski definition) is 1. The molecule has 0 aliphatic carbocycles. The van der Waals surface area contributed by atoms with E-state index >= 15 is 0 Å². The summed E-state index contributed by atoms with van der Waals surface area (Å²) in [6, 6.07) is 7.57. The van der Waals surface area contributed by atoms with Crippen molar-refractivity contribution in [2.24, 2.45) is 0 Å². The molecule has 4 rings (SSSR count). The fourth-order valence-electron chi connectivity index (χ4n) is 2.57. The number of nitrogens with one attached hydrogen (secondary N) is 1. The number of rotatable bonds is 3. The number of fused-ring (bicyclic) bond motifs is 3. The molecule has 0 saturated carbocycles. The molecule has 0 unspecified atom stereocenters. The van der Waals surface area contributed by atoms with E-state index in [0.29, 0.717) is 11.4 Å². The molecule has 1 N–H and O–H groups in total. The number of hydrogen-bond acceptors (Lipinski definition) is 5. The maximum Gasteiger partial charge on any atom is 0.310 e. The predicted octanol–water partition coefficient (Wildman–Crippen LogP) is 3.82. The maximum absolute atomic E-state index is 13.2. The van der Waals surface area contributed by atoms with Gasteiger partial charge in [-0.1, -0.05) is 11.6 Å². The first-order valence-electron chi connectivity index (χ1n) is 7.04. The Morgan fingerprint density at radius 1 is 1.25 bits per heavy atom. The smallest absolute Gasteiger partial charge is 0.310 e. The van der Waals surface area contributed by atoms with Gasteiger partial charge in [-0.25, -0.2) is 9.97 Å². The summed E-state index contributed by atoms with van der Waals surface area (Å²) in [5, 5.41) is 4.16. The van der Waals surface area contributed by atoms with Crippen LogP contribution in [0, 0.1) is 6.08 Å². The molecule has 8 heteroatoms. The second-order valence-corrected chi connectivity index (χ2v) is 5.47. The SMILES string of the molecule is COc1cc2cc(Nc3nc(F)ncc3Cl)ccc2n2ccnc12. The van der Waals surface area contributed by atoms with Crippen molar-refractivity contribution in [3.05, 3.63) is 54.0 Å². The highest BCUT2D eigenvalue weighted by Gasteiger charge is 2.10. The number of benzene rings is 1. The average molecular weight is 344 g/mol. The van der Waals surface area contributed by atoms with E-state index in [9.17, 15) is 4.39 Å². The summed E-state index contributed by atoms with van der Waals surface area (Å²) in [5.74, 6) is 0.870. The summed E-state index contributed by atoms with van der Waals surface area (Å²) in [5.41, 5.74) is 2.42. The van der Waals surface area contributed by atoms with Crippen LogP contribution in [-0.2, 0) is 0 Å². The van der Waals surface area contributed by atoms with Crippen LogP contribution in [-0.4, -0.2) is 26.5 Å². The van der Waals surface area contributed by atoms with Gasteiger partial charge < -0.3 is 10.1 Å². The molecule has 0 spiro atoms. The van der Waals surface area contributed by atoms with E-state index in [2.05, 4.69) is 20.3 Å². The van der Waals surface area contributed by atoms with Gasteiger partial charge in [0.1, 0.15) is 5.02 Å². The summed E-state index contributed by atoms with van der Waals surface area (Å²) in [7, 11) is 1.60. The van der Waals surface area contributed by atoms with Gasteiger partial charge in [0.25, 0.3) is 0 Å². The van der Waals surface area contributed by atoms with Gasteiger partial charge in [0, 0.05) is 23.5 Å². The standard InChI is InChI=1S/C16H11ClFN5O/c1-24-13-7-9-6-10(21-14-11(17)8-20-16(18)22-14)2-3-12(9)23-5-4-19-15(13)23/h2-8H,1H3,(H,20,21,22). The van der Waals surface area contributed by atoms with Gasteiger partial charge in [0.15, 0.2) is 17.2 Å². The molecule has 3 aromatic heterocycles. The van der Waals surface area contributed by atoms with E-state index in [1.807, 2.05) is 34.9 Å². The van der Waals surface area contributed by atoms with E-state index in [1.54, 1.807) is 13.3 Å². The molecule has 0 radical (unpaired) electrons. The van der Waals surface area contributed by atoms with Crippen LogP contribution in [0.3, 0.4) is 0 Å². The fourth-order valence-corrected chi connectivity index (χ4v) is 2.71. The second-order valence-electron chi connectivity index (χ2n) is 5.07. The highest BCUT2D eigenvalue weighted by atomic mass is 35.5. The summed E-state index contributed by atoms with van der Waals surface area (Å²) < 4.78 is 20.5. The van der Waals surface area contributed by atoms with Crippen molar-refractivity contribution in [3.63, 3.8) is 0 Å². The Bertz CT molecular complexity index is 1070. The van der Waals surface area contributed by atoms with Gasteiger partial charge >= 0.3 is 6.08 Å². The number of ether oxygens (including phenoxy) is 1. The lowest BCUT2D eigenvalue weighted by Gasteiger charge is -2.11. The van der Waals surface area contributed by atoms with Crippen LogP contribution < -0.4 is 10.1 Å². The van der Waals surface area contributed by atoms with E-state index in [1.165, 1.54) is 6.20 Å². The van der Waals surface area contributed by atoms with Gasteiger partial charge in [0.05, 0.1) is 18.8 Å². The number of aromatic nitrogens is 4. The summed E-state index contributed by atoms with van der Waals surface area (Å²) in [6.07, 6.45) is 3.95. The molecule has 120 valence electrons. The molecule has 0 saturated heterocycles. The maximum atomic E-state index is 13.2. The second kappa shape index (κ2) is 5.61. The Kier molecular flexibility index (Phi) is 3.42. The highest BCUT2D eigenvalue weighted by molar-refractivity contribution is 6.32. The molecule has 0 amide bonds. The molecule has 3 heterocycles. The normalized spacial score (nSPS) is 11.1. The Morgan fingerprint density at radius 2 is 2.12 bits per heavy atom. The molecule has 4 aromatic rings. The molecule has 1 aromatic carbocycles. The topological polar surface area (TPSA) is 64.3 Å². The molecule has 0 aliphatic heterocycles. The van der Waals surface area contributed by atoms with Crippen LogP contribution in [0.4, 0.5) is 15.9 Å². The van der Waals surface area contributed by atoms with Crippen molar-refractivity contribution >= 4 is 39.7 Å². The van der Waals surface area contributed by atoms with Crippen LogP contribution in [0.2, 0.25) is 5.02 Å². The zero-order valence-electron chi connectivity index (χ0n) is 12.5. The third kappa shape index (κ3) is 2.39. The van der Waals surface area contributed by atoms with Crippen molar-refractivity contribution in [2.45, 2.75) is 0 Å². The van der Waals surface area contributed by atoms with Crippen LogP contribution >= 0.6 is 11.6 Å². The number of methoxy groups -OCH3 is 1. The van der Waals surface area contributed by atoms with Crippen LogP contribution in [0.25, 0.3) is 16.6 Å². The highest BCUT2D eigenvalue weighted by Crippen LogP contribution is 2.29. The zero-order valence-corrected chi connectivity index (χ0v) is 13.3. The Morgan fingerprint density at radius 3 is 2.96 bits per heavy atom. The molecule has 24 heavy (non-hydrogen) atoms. The monoisotopic (exact) mass is 343 g/mol. The molecule has 0 aliphatic rings. The summed E-state index contributed by atoms with van der Waals surface area (Å²) in [6.45, 7) is 0. The van der Waals surface area contributed by atoms with E-state index in [-0.39, 0.29) is 10.8 Å². The van der Waals surface area contributed by atoms with Crippen molar-refractivity contribution in [2.75, 3.05) is 12.4 Å². The zero-order chi connectivity index (χ0) is 16.7. The third-order valence-electron chi connectivity index (χ3n) is 3.63. The Labute approximate surface area is 140 Å². The molecule has 0 fully saturated rings. The summed E-state index contributed by atoms with van der Waals surface area (Å²) >= 11 is 5.99. The molecular weight excluding hydrogens is 333 g/mol. The third-order valence-corrected chi connectivity index (χ3v) is 3.91. The molecule has 6 nitrogen and oxygen atoms in total. The lowest BCUT2D eigenvalue weighted by atomic mass is 10.2. The van der Waals surface area contributed by atoms with E-state index < -0.39 is 6.08 Å². The number of imidazole rings is 1. The van der Waals surface area contributed by atoms with Crippen molar-refractivity contribution in [3.8, 4) is 5.75 Å². The van der Waals surface area contributed by atoms with Gasteiger partial charge in [0.2, 0.25) is 0 Å². The fraction of sp³-hybridized carbons (Fsp3) is 0.0625. The Hall–Kier alpha value is -2.93. The first-order chi connectivity index (χ1) is 11.7. The first-order valence-corrected chi connectivity index (χ1v) is 7.42. The van der Waals surface area contributed by atoms with E-state index in [0.717, 1.165) is 16.6 Å². The van der Waals surface area contributed by atoms with Crippen LogP contribution in [0.1, 0.15) is 0 Å². The number of anilines is 2. The number of nitrogens with zero attached hydrogens (tertiary/aromatic N) is 4. The quantitative estimate of drug-likeness (QED) is 0.573. The number of halogens is 2. The lowest BCUT2D eigenvalue weighted by Crippen LogP contribution is -1.99. The minimum atomic E-state index is -0.843. The number of pyridine rings is 1. The molecular formula is C16H11ClFN5O. The van der Waals surface area contributed by atoms with Gasteiger partial charge in [-0.3, -0.25) is 4.40 Å². The van der Waals surface area contributed by atoms with Crippen molar-refractivity contribution in [1.29, 1.82) is 0 Å². The predicted molar refractivity (Wildman–Crippen MR) is 89.5 cm³/mol. The first kappa shape index (κ1) is 14.6. The minimum Gasteiger partial charge on any atom is -0.493 e. The van der Waals surface area contributed by atoms with Gasteiger partial charge in [-0.2, -0.15) is 9.37 Å². The minimum absolute atomic E-state index is 0.208.